The van der Waals surface area contributed by atoms with Crippen LogP contribution in [0.3, 0.4) is 0 Å². The van der Waals surface area contributed by atoms with Crippen LogP contribution in [0.5, 0.6) is 0 Å². The first kappa shape index (κ1) is 13.4. The standard InChI is InChI=1S/C12H21N5/c1-4-10-8-12(16-9(3)15-10)17(5-2)7-6-11(13)14/h8H,4-7H2,1-3H3,(H3,13,14). The molecule has 1 heterocycles. The molecule has 0 spiro atoms. The van der Waals surface area contributed by atoms with Crippen LogP contribution in [0.15, 0.2) is 6.07 Å². The molecule has 0 atom stereocenters. The summed E-state index contributed by atoms with van der Waals surface area (Å²) in [5.41, 5.74) is 6.43. The molecule has 0 amide bonds. The Kier molecular flexibility index (Phi) is 4.87. The Morgan fingerprint density at radius 1 is 1.41 bits per heavy atom. The minimum absolute atomic E-state index is 0.213. The number of nitrogens with one attached hydrogen (secondary N) is 1. The van der Waals surface area contributed by atoms with Crippen molar-refractivity contribution in [1.29, 1.82) is 5.41 Å². The SMILES string of the molecule is CCc1cc(N(CC)CCC(=N)N)nc(C)n1. The fourth-order valence-electron chi connectivity index (χ4n) is 1.65. The summed E-state index contributed by atoms with van der Waals surface area (Å²) in [6.07, 6.45) is 1.47. The molecule has 0 saturated heterocycles. The predicted molar refractivity (Wildman–Crippen MR) is 70.6 cm³/mol. The van der Waals surface area contributed by atoms with Crippen molar-refractivity contribution in [3.05, 3.63) is 17.6 Å². The third kappa shape index (κ3) is 4.01. The second-order valence-corrected chi connectivity index (χ2v) is 3.97. The smallest absolute Gasteiger partial charge is 0.132 e. The summed E-state index contributed by atoms with van der Waals surface area (Å²) in [6.45, 7) is 7.64. The van der Waals surface area contributed by atoms with Crippen LogP contribution in [-0.2, 0) is 6.42 Å². The van der Waals surface area contributed by atoms with Gasteiger partial charge in [0, 0.05) is 31.3 Å². The van der Waals surface area contributed by atoms with Gasteiger partial charge in [-0.3, -0.25) is 5.41 Å². The zero-order valence-corrected chi connectivity index (χ0v) is 10.8. The highest BCUT2D eigenvalue weighted by Gasteiger charge is 2.08. The number of rotatable bonds is 6. The maximum absolute atomic E-state index is 7.26. The molecule has 3 N–H and O–H groups in total. The molecule has 5 heteroatoms. The molecule has 0 aliphatic carbocycles. The van der Waals surface area contributed by atoms with E-state index in [0.717, 1.165) is 36.8 Å². The molecular weight excluding hydrogens is 214 g/mol. The molecule has 0 aliphatic rings. The van der Waals surface area contributed by atoms with Crippen molar-refractivity contribution in [3.8, 4) is 0 Å². The average Bonchev–Trinajstić information content (AvgIpc) is 2.28. The largest absolute Gasteiger partial charge is 0.388 e. The van der Waals surface area contributed by atoms with Crippen LogP contribution in [0.1, 0.15) is 31.8 Å². The minimum Gasteiger partial charge on any atom is -0.388 e. The Morgan fingerprint density at radius 2 is 2.12 bits per heavy atom. The van der Waals surface area contributed by atoms with Gasteiger partial charge in [-0.2, -0.15) is 0 Å². The molecule has 0 unspecified atom stereocenters. The minimum atomic E-state index is 0.213. The fraction of sp³-hybridized carbons (Fsp3) is 0.583. The molecule has 17 heavy (non-hydrogen) atoms. The zero-order valence-electron chi connectivity index (χ0n) is 10.8. The number of nitrogens with zero attached hydrogens (tertiary/aromatic N) is 3. The second-order valence-electron chi connectivity index (χ2n) is 3.97. The van der Waals surface area contributed by atoms with Crippen molar-refractivity contribution in [2.24, 2.45) is 5.73 Å². The van der Waals surface area contributed by atoms with Gasteiger partial charge in [0.1, 0.15) is 11.6 Å². The van der Waals surface area contributed by atoms with E-state index in [4.69, 9.17) is 11.1 Å². The van der Waals surface area contributed by atoms with Gasteiger partial charge in [-0.05, 0) is 20.3 Å². The van der Waals surface area contributed by atoms with E-state index in [0.29, 0.717) is 6.42 Å². The van der Waals surface area contributed by atoms with Crippen LogP contribution in [0.4, 0.5) is 5.82 Å². The lowest BCUT2D eigenvalue weighted by Crippen LogP contribution is -2.28. The molecule has 1 rings (SSSR count). The number of aromatic nitrogens is 2. The quantitative estimate of drug-likeness (QED) is 0.578. The van der Waals surface area contributed by atoms with Crippen molar-refractivity contribution in [2.45, 2.75) is 33.6 Å². The number of aryl methyl sites for hydroxylation is 2. The summed E-state index contributed by atoms with van der Waals surface area (Å²) < 4.78 is 0. The summed E-state index contributed by atoms with van der Waals surface area (Å²) >= 11 is 0. The molecular formula is C12H21N5. The number of hydrogen-bond acceptors (Lipinski definition) is 4. The monoisotopic (exact) mass is 235 g/mol. The molecule has 94 valence electrons. The Morgan fingerprint density at radius 3 is 2.65 bits per heavy atom. The van der Waals surface area contributed by atoms with Crippen LogP contribution in [-0.4, -0.2) is 28.9 Å². The molecule has 0 saturated carbocycles. The summed E-state index contributed by atoms with van der Waals surface area (Å²) in [6, 6.07) is 2.01. The Balaban J connectivity index is 2.86. The van der Waals surface area contributed by atoms with Crippen molar-refractivity contribution in [3.63, 3.8) is 0 Å². The Bertz CT molecular complexity index is 388. The maximum atomic E-state index is 7.26. The normalized spacial score (nSPS) is 10.3. The van der Waals surface area contributed by atoms with Gasteiger partial charge in [-0.25, -0.2) is 9.97 Å². The first-order valence-electron chi connectivity index (χ1n) is 5.99. The van der Waals surface area contributed by atoms with Crippen molar-refractivity contribution in [2.75, 3.05) is 18.0 Å². The van der Waals surface area contributed by atoms with Gasteiger partial charge in [0.25, 0.3) is 0 Å². The Hall–Kier alpha value is -1.65. The van der Waals surface area contributed by atoms with Gasteiger partial charge < -0.3 is 10.6 Å². The van der Waals surface area contributed by atoms with Gasteiger partial charge in [-0.1, -0.05) is 6.92 Å². The van der Waals surface area contributed by atoms with Crippen LogP contribution in [0.25, 0.3) is 0 Å². The van der Waals surface area contributed by atoms with E-state index >= 15 is 0 Å². The van der Waals surface area contributed by atoms with Crippen molar-refractivity contribution in [1.82, 2.24) is 9.97 Å². The first-order chi connectivity index (χ1) is 8.06. The predicted octanol–water partition coefficient (Wildman–Crippen LogP) is 1.50. The summed E-state index contributed by atoms with van der Waals surface area (Å²) in [4.78, 5) is 10.9. The van der Waals surface area contributed by atoms with E-state index in [1.807, 2.05) is 13.0 Å². The average molecular weight is 235 g/mol. The highest BCUT2D eigenvalue weighted by molar-refractivity contribution is 5.77. The lowest BCUT2D eigenvalue weighted by atomic mass is 10.3. The molecule has 5 nitrogen and oxygen atoms in total. The number of nitrogens with two attached hydrogens (primary N) is 1. The van der Waals surface area contributed by atoms with Crippen LogP contribution >= 0.6 is 0 Å². The van der Waals surface area contributed by atoms with Gasteiger partial charge in [0.2, 0.25) is 0 Å². The van der Waals surface area contributed by atoms with Crippen LogP contribution in [0.2, 0.25) is 0 Å². The maximum Gasteiger partial charge on any atom is 0.132 e. The number of hydrogen-bond donors (Lipinski definition) is 2. The third-order valence-electron chi connectivity index (χ3n) is 2.60. The fourth-order valence-corrected chi connectivity index (χ4v) is 1.65. The van der Waals surface area contributed by atoms with Gasteiger partial charge in [-0.15, -0.1) is 0 Å². The highest BCUT2D eigenvalue weighted by Crippen LogP contribution is 2.13. The molecule has 1 aromatic heterocycles. The van der Waals surface area contributed by atoms with E-state index in [1.54, 1.807) is 0 Å². The topological polar surface area (TPSA) is 78.9 Å². The molecule has 0 radical (unpaired) electrons. The van der Waals surface area contributed by atoms with Crippen LogP contribution in [0, 0.1) is 12.3 Å². The lowest BCUT2D eigenvalue weighted by molar-refractivity contribution is 0.799. The van der Waals surface area contributed by atoms with Crippen LogP contribution < -0.4 is 10.6 Å². The van der Waals surface area contributed by atoms with Crippen molar-refractivity contribution < 1.29 is 0 Å². The first-order valence-corrected chi connectivity index (χ1v) is 5.99. The lowest BCUT2D eigenvalue weighted by Gasteiger charge is -2.22. The summed E-state index contributed by atoms with van der Waals surface area (Å²) in [7, 11) is 0. The molecule has 0 aliphatic heterocycles. The second kappa shape index (κ2) is 6.18. The molecule has 0 bridgehead atoms. The van der Waals surface area contributed by atoms with E-state index < -0.39 is 0 Å². The van der Waals surface area contributed by atoms with E-state index in [9.17, 15) is 0 Å². The molecule has 0 aromatic carbocycles. The van der Waals surface area contributed by atoms with Gasteiger partial charge >= 0.3 is 0 Å². The highest BCUT2D eigenvalue weighted by atomic mass is 15.2. The van der Waals surface area contributed by atoms with Gasteiger partial charge in [0.05, 0.1) is 5.84 Å². The van der Waals surface area contributed by atoms with E-state index in [2.05, 4.69) is 28.7 Å². The third-order valence-corrected chi connectivity index (χ3v) is 2.60. The summed E-state index contributed by atoms with van der Waals surface area (Å²) in [5, 5.41) is 7.26. The van der Waals surface area contributed by atoms with Crippen molar-refractivity contribution >= 4 is 11.7 Å². The van der Waals surface area contributed by atoms with E-state index in [1.165, 1.54) is 0 Å². The van der Waals surface area contributed by atoms with Gasteiger partial charge in [0.15, 0.2) is 0 Å². The molecule has 1 aromatic rings. The Labute approximate surface area is 103 Å². The molecule has 0 fully saturated rings. The van der Waals surface area contributed by atoms with E-state index in [-0.39, 0.29) is 5.84 Å². The summed E-state index contributed by atoms with van der Waals surface area (Å²) in [5.74, 6) is 1.93. The number of anilines is 1. The number of amidine groups is 1. The zero-order chi connectivity index (χ0) is 12.8.